The average Bonchev–Trinajstić information content (AvgIpc) is 3.26. The molecule has 0 aromatic carbocycles. The number of methoxy groups -OCH3 is 1. The Balaban J connectivity index is 1.43. The van der Waals surface area contributed by atoms with Crippen LogP contribution in [0.5, 0.6) is 0 Å². The molecule has 3 rings (SSSR count). The molecule has 5 heteroatoms. The second kappa shape index (κ2) is 11.6. The zero-order chi connectivity index (χ0) is 21.5. The monoisotopic (exact) mass is 421 g/mol. The summed E-state index contributed by atoms with van der Waals surface area (Å²) in [6.07, 6.45) is 16.1. The Hall–Kier alpha value is -0.910. The van der Waals surface area contributed by atoms with Gasteiger partial charge >= 0.3 is 5.97 Å². The standard InChI is InChI=1S/C25H43NO4/c1-3-6-17-9-11-18(12-10-17)23(27)14-13-20-21-15-19(26-22(21)16-24(20)28)7-4-5-8-25(29)30-2/h13-14,17-24,26-28H,3-12,15-16H2,1-2H3/b14-13+/t17?,18?,19?,20-,21-,22+,23+,24?/m1/s1. The lowest BCUT2D eigenvalue weighted by molar-refractivity contribution is -0.140. The Morgan fingerprint density at radius 3 is 2.63 bits per heavy atom. The van der Waals surface area contributed by atoms with Gasteiger partial charge in [0.15, 0.2) is 0 Å². The van der Waals surface area contributed by atoms with E-state index in [1.54, 1.807) is 0 Å². The summed E-state index contributed by atoms with van der Waals surface area (Å²) in [5.74, 6) is 1.71. The smallest absolute Gasteiger partial charge is 0.305 e. The first-order valence-corrected chi connectivity index (χ1v) is 12.4. The summed E-state index contributed by atoms with van der Waals surface area (Å²) in [5.41, 5.74) is 0. The summed E-state index contributed by atoms with van der Waals surface area (Å²) >= 11 is 0. The molecule has 0 radical (unpaired) electrons. The number of hydrogen-bond acceptors (Lipinski definition) is 5. The van der Waals surface area contributed by atoms with Gasteiger partial charge in [0.25, 0.3) is 0 Å². The first-order chi connectivity index (χ1) is 14.5. The van der Waals surface area contributed by atoms with Gasteiger partial charge in [0.1, 0.15) is 0 Å². The summed E-state index contributed by atoms with van der Waals surface area (Å²) in [4.78, 5) is 11.2. The molecule has 1 saturated heterocycles. The molecule has 6 atom stereocenters. The number of carbonyl (C=O) groups is 1. The molecule has 3 N–H and O–H groups in total. The van der Waals surface area contributed by atoms with E-state index in [0.717, 1.165) is 50.9 Å². The van der Waals surface area contributed by atoms with Gasteiger partial charge < -0.3 is 20.3 Å². The van der Waals surface area contributed by atoms with Crippen LogP contribution < -0.4 is 5.32 Å². The number of aliphatic hydroxyl groups is 2. The Morgan fingerprint density at radius 1 is 1.17 bits per heavy atom. The van der Waals surface area contributed by atoms with Crippen LogP contribution in [0.2, 0.25) is 0 Å². The van der Waals surface area contributed by atoms with Gasteiger partial charge in [-0.2, -0.15) is 0 Å². The molecule has 2 unspecified atom stereocenters. The van der Waals surface area contributed by atoms with E-state index in [0.29, 0.717) is 30.3 Å². The molecule has 172 valence electrons. The highest BCUT2D eigenvalue weighted by Crippen LogP contribution is 2.42. The van der Waals surface area contributed by atoms with Crippen LogP contribution in [0.4, 0.5) is 0 Å². The quantitative estimate of drug-likeness (QED) is 0.283. The number of nitrogens with one attached hydrogen (secondary N) is 1. The molecule has 0 spiro atoms. The fourth-order valence-corrected chi connectivity index (χ4v) is 6.22. The summed E-state index contributed by atoms with van der Waals surface area (Å²) in [7, 11) is 1.44. The van der Waals surface area contributed by atoms with Crippen molar-refractivity contribution in [1.82, 2.24) is 5.32 Å². The molecular weight excluding hydrogens is 378 g/mol. The zero-order valence-electron chi connectivity index (χ0n) is 19.0. The molecule has 0 amide bonds. The largest absolute Gasteiger partial charge is 0.469 e. The SMILES string of the molecule is CCCC1CCC([C@@H](O)/C=C/[C@H]2C(O)C[C@@H]3NC(CCCCC(=O)OC)C[C@@H]32)CC1. The van der Waals surface area contributed by atoms with Crippen LogP contribution in [0.1, 0.15) is 84.0 Å². The van der Waals surface area contributed by atoms with Crippen molar-refractivity contribution in [2.24, 2.45) is 23.7 Å². The summed E-state index contributed by atoms with van der Waals surface area (Å²) in [6, 6.07) is 0.849. The molecule has 2 aliphatic carbocycles. The molecule has 5 nitrogen and oxygen atoms in total. The van der Waals surface area contributed by atoms with E-state index in [1.807, 2.05) is 6.08 Å². The van der Waals surface area contributed by atoms with E-state index in [2.05, 4.69) is 18.3 Å². The molecule has 2 saturated carbocycles. The molecule has 0 aromatic rings. The van der Waals surface area contributed by atoms with E-state index in [1.165, 1.54) is 32.8 Å². The van der Waals surface area contributed by atoms with Gasteiger partial charge in [-0.15, -0.1) is 0 Å². The van der Waals surface area contributed by atoms with Gasteiger partial charge in [-0.05, 0) is 56.3 Å². The first-order valence-electron chi connectivity index (χ1n) is 12.4. The third-order valence-corrected chi connectivity index (χ3v) is 7.97. The van der Waals surface area contributed by atoms with E-state index < -0.39 is 0 Å². The predicted octanol–water partition coefficient (Wildman–Crippen LogP) is 3.97. The molecule has 1 heterocycles. The van der Waals surface area contributed by atoms with Gasteiger partial charge in [0.05, 0.1) is 19.3 Å². The van der Waals surface area contributed by atoms with Gasteiger partial charge in [-0.1, -0.05) is 51.2 Å². The molecular formula is C25H43NO4. The minimum Gasteiger partial charge on any atom is -0.469 e. The molecule has 0 aromatic heterocycles. The number of rotatable bonds is 10. The van der Waals surface area contributed by atoms with Crippen molar-refractivity contribution in [1.29, 1.82) is 0 Å². The van der Waals surface area contributed by atoms with E-state index in [4.69, 9.17) is 4.74 Å². The van der Waals surface area contributed by atoms with Crippen LogP contribution in [0.25, 0.3) is 0 Å². The van der Waals surface area contributed by atoms with Crippen LogP contribution in [0.3, 0.4) is 0 Å². The number of unbranched alkanes of at least 4 members (excludes halogenated alkanes) is 1. The topological polar surface area (TPSA) is 78.8 Å². The summed E-state index contributed by atoms with van der Waals surface area (Å²) in [5, 5.41) is 25.0. The maximum absolute atomic E-state index is 11.2. The Bertz CT molecular complexity index is 557. The number of carbonyl (C=O) groups excluding carboxylic acids is 1. The van der Waals surface area contributed by atoms with Crippen molar-refractivity contribution in [2.75, 3.05) is 7.11 Å². The third kappa shape index (κ3) is 6.30. The Morgan fingerprint density at radius 2 is 1.93 bits per heavy atom. The maximum atomic E-state index is 11.2. The van der Waals surface area contributed by atoms with Crippen LogP contribution in [0.15, 0.2) is 12.2 Å². The lowest BCUT2D eigenvalue weighted by atomic mass is 9.77. The Kier molecular flexibility index (Phi) is 9.21. The highest BCUT2D eigenvalue weighted by atomic mass is 16.5. The minimum atomic E-state index is -0.373. The average molecular weight is 422 g/mol. The lowest BCUT2D eigenvalue weighted by Crippen LogP contribution is -2.30. The van der Waals surface area contributed by atoms with E-state index >= 15 is 0 Å². The van der Waals surface area contributed by atoms with Crippen molar-refractivity contribution in [3.8, 4) is 0 Å². The van der Waals surface area contributed by atoms with E-state index in [-0.39, 0.29) is 24.1 Å². The third-order valence-electron chi connectivity index (χ3n) is 7.97. The van der Waals surface area contributed by atoms with Crippen molar-refractivity contribution >= 4 is 5.97 Å². The van der Waals surface area contributed by atoms with E-state index in [9.17, 15) is 15.0 Å². The molecule has 3 aliphatic rings. The number of aliphatic hydroxyl groups excluding tert-OH is 2. The second-order valence-corrected chi connectivity index (χ2v) is 10.0. The highest BCUT2D eigenvalue weighted by molar-refractivity contribution is 5.68. The molecule has 30 heavy (non-hydrogen) atoms. The fourth-order valence-electron chi connectivity index (χ4n) is 6.22. The first kappa shape index (κ1) is 23.7. The highest BCUT2D eigenvalue weighted by Gasteiger charge is 2.46. The maximum Gasteiger partial charge on any atom is 0.305 e. The van der Waals surface area contributed by atoms with Gasteiger partial charge in [-0.25, -0.2) is 0 Å². The zero-order valence-corrected chi connectivity index (χ0v) is 19.0. The Labute approximate surface area is 182 Å². The summed E-state index contributed by atoms with van der Waals surface area (Å²) < 4.78 is 4.70. The van der Waals surface area contributed by atoms with Crippen molar-refractivity contribution in [3.63, 3.8) is 0 Å². The second-order valence-electron chi connectivity index (χ2n) is 10.0. The molecule has 0 bridgehead atoms. The minimum absolute atomic E-state index is 0.128. The van der Waals surface area contributed by atoms with Crippen LogP contribution in [-0.2, 0) is 9.53 Å². The number of hydrogen-bond donors (Lipinski definition) is 3. The number of esters is 1. The fraction of sp³-hybridized carbons (Fsp3) is 0.880. The summed E-state index contributed by atoms with van der Waals surface area (Å²) in [6.45, 7) is 2.26. The van der Waals surface area contributed by atoms with Crippen molar-refractivity contribution < 1.29 is 19.7 Å². The predicted molar refractivity (Wildman–Crippen MR) is 119 cm³/mol. The number of fused-ring (bicyclic) bond motifs is 1. The van der Waals surface area contributed by atoms with Gasteiger partial charge in [-0.3, -0.25) is 4.79 Å². The van der Waals surface area contributed by atoms with Crippen molar-refractivity contribution in [3.05, 3.63) is 12.2 Å². The van der Waals surface area contributed by atoms with Crippen molar-refractivity contribution in [2.45, 2.75) is 108 Å². The van der Waals surface area contributed by atoms with Gasteiger partial charge in [0, 0.05) is 24.4 Å². The lowest BCUT2D eigenvalue weighted by Gasteiger charge is -2.30. The number of ether oxygens (including phenoxy) is 1. The van der Waals surface area contributed by atoms with Gasteiger partial charge in [0.2, 0.25) is 0 Å². The molecule has 3 fully saturated rings. The molecule has 1 aliphatic heterocycles. The normalized spacial score (nSPS) is 37.4. The van der Waals surface area contributed by atoms with Crippen LogP contribution in [-0.4, -0.2) is 47.6 Å². The van der Waals surface area contributed by atoms with Crippen LogP contribution >= 0.6 is 0 Å². The van der Waals surface area contributed by atoms with Crippen LogP contribution in [0, 0.1) is 23.7 Å².